The SMILES string of the molecule is Cc1cn2cc(C(=O)Nc3ccc(N4CCNC(C)C4)nn3)c(OC3CCOCC3)cc2n1.Cl. The summed E-state index contributed by atoms with van der Waals surface area (Å²) < 4.78 is 13.5. The highest BCUT2D eigenvalue weighted by molar-refractivity contribution is 6.05. The molecule has 2 saturated heterocycles. The number of ether oxygens (including phenoxy) is 2. The topological polar surface area (TPSA) is 106 Å². The van der Waals surface area contributed by atoms with Crippen molar-refractivity contribution < 1.29 is 14.3 Å². The predicted molar refractivity (Wildman–Crippen MR) is 131 cm³/mol. The lowest BCUT2D eigenvalue weighted by atomic mass is 10.1. The second-order valence-electron chi connectivity index (χ2n) is 8.66. The van der Waals surface area contributed by atoms with Crippen molar-refractivity contribution in [2.24, 2.45) is 0 Å². The lowest BCUT2D eigenvalue weighted by Gasteiger charge is -2.32. The van der Waals surface area contributed by atoms with E-state index < -0.39 is 0 Å². The largest absolute Gasteiger partial charge is 0.489 e. The summed E-state index contributed by atoms with van der Waals surface area (Å²) in [5, 5.41) is 14.8. The molecule has 2 aliphatic rings. The minimum absolute atomic E-state index is 0. The molecule has 0 radical (unpaired) electrons. The van der Waals surface area contributed by atoms with Gasteiger partial charge in [0.15, 0.2) is 11.6 Å². The van der Waals surface area contributed by atoms with Gasteiger partial charge in [-0.2, -0.15) is 0 Å². The fraction of sp³-hybridized carbons (Fsp3) is 0.478. The van der Waals surface area contributed by atoms with E-state index in [1.54, 1.807) is 12.3 Å². The number of imidazole rings is 1. The van der Waals surface area contributed by atoms with E-state index in [-0.39, 0.29) is 24.4 Å². The van der Waals surface area contributed by atoms with Crippen LogP contribution in [0.25, 0.3) is 5.65 Å². The van der Waals surface area contributed by atoms with Gasteiger partial charge in [-0.25, -0.2) is 4.98 Å². The summed E-state index contributed by atoms with van der Waals surface area (Å²) >= 11 is 0. The molecule has 182 valence electrons. The number of nitrogens with one attached hydrogen (secondary N) is 2. The molecule has 1 unspecified atom stereocenters. The third-order valence-corrected chi connectivity index (χ3v) is 5.97. The zero-order valence-corrected chi connectivity index (χ0v) is 20.2. The van der Waals surface area contributed by atoms with E-state index in [4.69, 9.17) is 9.47 Å². The van der Waals surface area contributed by atoms with Crippen LogP contribution in [0.15, 0.2) is 30.6 Å². The highest BCUT2D eigenvalue weighted by atomic mass is 35.5. The average Bonchev–Trinajstić information content (AvgIpc) is 3.18. The van der Waals surface area contributed by atoms with E-state index in [1.165, 1.54) is 0 Å². The number of amides is 1. The Kier molecular flexibility index (Phi) is 7.50. The molecule has 3 aromatic rings. The van der Waals surface area contributed by atoms with Gasteiger partial charge in [-0.15, -0.1) is 22.6 Å². The summed E-state index contributed by atoms with van der Waals surface area (Å²) in [7, 11) is 0. The van der Waals surface area contributed by atoms with E-state index in [0.29, 0.717) is 36.4 Å². The molecule has 0 saturated carbocycles. The second-order valence-corrected chi connectivity index (χ2v) is 8.66. The molecule has 0 aromatic carbocycles. The molecule has 2 fully saturated rings. The molecule has 2 N–H and O–H groups in total. The van der Waals surface area contributed by atoms with Gasteiger partial charge in [0.2, 0.25) is 0 Å². The average molecular weight is 488 g/mol. The van der Waals surface area contributed by atoms with Crippen LogP contribution in [0, 0.1) is 6.92 Å². The van der Waals surface area contributed by atoms with Gasteiger partial charge in [-0.1, -0.05) is 0 Å². The van der Waals surface area contributed by atoms with Crippen molar-refractivity contribution in [3.8, 4) is 5.75 Å². The van der Waals surface area contributed by atoms with Crippen LogP contribution in [0.3, 0.4) is 0 Å². The Labute approximate surface area is 204 Å². The van der Waals surface area contributed by atoms with Gasteiger partial charge in [0, 0.05) is 57.0 Å². The first kappa shape index (κ1) is 24.2. The number of hydrogen-bond donors (Lipinski definition) is 2. The van der Waals surface area contributed by atoms with Crippen LogP contribution in [0.5, 0.6) is 5.75 Å². The van der Waals surface area contributed by atoms with Gasteiger partial charge < -0.3 is 29.4 Å². The van der Waals surface area contributed by atoms with E-state index >= 15 is 0 Å². The Morgan fingerprint density at radius 3 is 2.79 bits per heavy atom. The smallest absolute Gasteiger partial charge is 0.262 e. The van der Waals surface area contributed by atoms with Crippen molar-refractivity contribution in [2.45, 2.75) is 38.8 Å². The summed E-state index contributed by atoms with van der Waals surface area (Å²) in [4.78, 5) is 19.9. The number of piperazine rings is 1. The van der Waals surface area contributed by atoms with Gasteiger partial charge >= 0.3 is 0 Å². The Hall–Kier alpha value is -2.95. The molecular formula is C23H30ClN7O3. The number of rotatable bonds is 5. The molecule has 11 heteroatoms. The number of carbonyl (C=O) groups excluding carboxylic acids is 1. The van der Waals surface area contributed by atoms with Crippen LogP contribution < -0.4 is 20.3 Å². The Balaban J connectivity index is 0.00000274. The minimum Gasteiger partial charge on any atom is -0.489 e. The van der Waals surface area contributed by atoms with Crippen molar-refractivity contribution in [3.63, 3.8) is 0 Å². The zero-order chi connectivity index (χ0) is 22.8. The standard InChI is InChI=1S/C23H29N7O3.ClH/c1-15-12-29(8-7-24-15)21-4-3-20(27-28-21)26-23(31)18-14-30-13-16(2)25-22(30)11-19(18)33-17-5-9-32-10-6-17;/h3-4,11,13-15,17,24H,5-10,12H2,1-2H3,(H,26,27,31);1H. The maximum atomic E-state index is 13.2. The monoisotopic (exact) mass is 487 g/mol. The summed E-state index contributed by atoms with van der Waals surface area (Å²) in [6, 6.07) is 5.89. The van der Waals surface area contributed by atoms with Crippen LogP contribution in [0.2, 0.25) is 0 Å². The van der Waals surface area contributed by atoms with Gasteiger partial charge in [0.25, 0.3) is 5.91 Å². The molecule has 2 aliphatic heterocycles. The normalized spacial score (nSPS) is 19.0. The third kappa shape index (κ3) is 5.40. The fourth-order valence-corrected chi connectivity index (χ4v) is 4.27. The highest BCUT2D eigenvalue weighted by Gasteiger charge is 2.22. The molecule has 5 rings (SSSR count). The third-order valence-electron chi connectivity index (χ3n) is 5.97. The Bertz CT molecular complexity index is 1130. The van der Waals surface area contributed by atoms with E-state index in [2.05, 4.69) is 37.6 Å². The van der Waals surface area contributed by atoms with Crippen molar-refractivity contribution in [2.75, 3.05) is 43.1 Å². The Morgan fingerprint density at radius 1 is 1.24 bits per heavy atom. The van der Waals surface area contributed by atoms with Crippen molar-refractivity contribution in [1.29, 1.82) is 0 Å². The molecule has 0 bridgehead atoms. The number of pyridine rings is 1. The number of anilines is 2. The Morgan fingerprint density at radius 2 is 2.06 bits per heavy atom. The molecule has 1 atom stereocenters. The first-order valence-electron chi connectivity index (χ1n) is 11.4. The molecule has 10 nitrogen and oxygen atoms in total. The molecule has 1 amide bonds. The molecule has 34 heavy (non-hydrogen) atoms. The van der Waals surface area contributed by atoms with Crippen molar-refractivity contribution >= 4 is 35.6 Å². The highest BCUT2D eigenvalue weighted by Crippen LogP contribution is 2.26. The fourth-order valence-electron chi connectivity index (χ4n) is 4.27. The van der Waals surface area contributed by atoms with Crippen LogP contribution in [0.1, 0.15) is 35.8 Å². The van der Waals surface area contributed by atoms with Gasteiger partial charge in [-0.05, 0) is 26.0 Å². The number of aromatic nitrogens is 4. The van der Waals surface area contributed by atoms with Gasteiger partial charge in [0.05, 0.1) is 24.5 Å². The maximum Gasteiger partial charge on any atom is 0.262 e. The van der Waals surface area contributed by atoms with Crippen LogP contribution in [-0.4, -0.2) is 70.5 Å². The molecule has 3 aromatic heterocycles. The summed E-state index contributed by atoms with van der Waals surface area (Å²) in [5.74, 6) is 1.41. The minimum atomic E-state index is -0.303. The lowest BCUT2D eigenvalue weighted by Crippen LogP contribution is -2.49. The quantitative estimate of drug-likeness (QED) is 0.565. The van der Waals surface area contributed by atoms with Crippen LogP contribution in [0.4, 0.5) is 11.6 Å². The predicted octanol–water partition coefficient (Wildman–Crippen LogP) is 2.46. The second kappa shape index (κ2) is 10.5. The first-order valence-corrected chi connectivity index (χ1v) is 11.4. The summed E-state index contributed by atoms with van der Waals surface area (Å²) in [6.07, 6.45) is 5.22. The van der Waals surface area contributed by atoms with Gasteiger partial charge in [0.1, 0.15) is 17.5 Å². The number of nitrogens with zero attached hydrogens (tertiary/aromatic N) is 5. The summed E-state index contributed by atoms with van der Waals surface area (Å²) in [6.45, 7) is 8.04. The van der Waals surface area contributed by atoms with Crippen LogP contribution >= 0.6 is 12.4 Å². The zero-order valence-electron chi connectivity index (χ0n) is 19.4. The molecular weight excluding hydrogens is 458 g/mol. The number of fused-ring (bicyclic) bond motifs is 1. The van der Waals surface area contributed by atoms with Crippen molar-refractivity contribution in [1.82, 2.24) is 24.9 Å². The number of halogens is 1. The number of hydrogen-bond acceptors (Lipinski definition) is 8. The van der Waals surface area contributed by atoms with Crippen molar-refractivity contribution in [3.05, 3.63) is 41.9 Å². The number of aryl methyl sites for hydroxylation is 1. The summed E-state index contributed by atoms with van der Waals surface area (Å²) in [5.41, 5.74) is 2.03. The number of carbonyl (C=O) groups is 1. The van der Waals surface area contributed by atoms with Gasteiger partial charge in [-0.3, -0.25) is 4.79 Å². The maximum absolute atomic E-state index is 13.2. The molecule has 0 aliphatic carbocycles. The first-order chi connectivity index (χ1) is 16.0. The molecule has 5 heterocycles. The van der Waals surface area contributed by atoms with Crippen LogP contribution in [-0.2, 0) is 4.74 Å². The van der Waals surface area contributed by atoms with E-state index in [9.17, 15) is 4.79 Å². The van der Waals surface area contributed by atoms with E-state index in [0.717, 1.165) is 49.6 Å². The lowest BCUT2D eigenvalue weighted by molar-refractivity contribution is 0.0253. The molecule has 0 spiro atoms. The van der Waals surface area contributed by atoms with E-state index in [1.807, 2.05) is 29.7 Å².